The van der Waals surface area contributed by atoms with E-state index in [1.165, 1.54) is 4.88 Å². The van der Waals surface area contributed by atoms with Crippen molar-refractivity contribution < 1.29 is 0 Å². The van der Waals surface area contributed by atoms with Crippen LogP contribution in [0.4, 0.5) is 0 Å². The van der Waals surface area contributed by atoms with Crippen LogP contribution in [-0.2, 0) is 13.0 Å². The number of aromatic nitrogens is 4. The van der Waals surface area contributed by atoms with Crippen LogP contribution in [0.1, 0.15) is 22.0 Å². The topological polar surface area (TPSA) is 60.7 Å². The quantitative estimate of drug-likeness (QED) is 0.742. The molecule has 3 rings (SSSR count). The molecule has 3 heterocycles. The third-order valence-corrected chi connectivity index (χ3v) is 4.62. The van der Waals surface area contributed by atoms with E-state index in [0.717, 1.165) is 23.5 Å². The second-order valence-corrected chi connectivity index (χ2v) is 6.28. The minimum Gasteiger partial charge on any atom is -0.299 e. The number of rotatable bonds is 4. The number of fused-ring (bicyclic) bond motifs is 1. The van der Waals surface area contributed by atoms with E-state index in [9.17, 15) is 4.79 Å². The molecule has 0 bridgehead atoms. The van der Waals surface area contributed by atoms with Gasteiger partial charge in [-0.15, -0.1) is 11.3 Å². The Morgan fingerprint density at radius 2 is 2.19 bits per heavy atom. The number of thiazole rings is 1. The SMILES string of the molecule is Cc1nc(CCCn2cnc3cnccc3c2=O)sc1C. The first-order chi connectivity index (χ1) is 10.1. The van der Waals surface area contributed by atoms with Crippen molar-refractivity contribution in [1.82, 2.24) is 19.5 Å². The molecule has 0 aliphatic rings. The average molecular weight is 300 g/mol. The van der Waals surface area contributed by atoms with E-state index in [1.807, 2.05) is 6.92 Å². The number of hydrogen-bond acceptors (Lipinski definition) is 5. The fourth-order valence-electron chi connectivity index (χ4n) is 2.21. The molecule has 0 spiro atoms. The number of nitrogens with zero attached hydrogens (tertiary/aromatic N) is 4. The van der Waals surface area contributed by atoms with Crippen LogP contribution in [0.3, 0.4) is 0 Å². The molecular formula is C15H16N4OS. The van der Waals surface area contributed by atoms with Gasteiger partial charge in [0.2, 0.25) is 0 Å². The van der Waals surface area contributed by atoms with Crippen LogP contribution < -0.4 is 5.56 Å². The molecule has 5 nitrogen and oxygen atoms in total. The summed E-state index contributed by atoms with van der Waals surface area (Å²) in [6.07, 6.45) is 6.61. The zero-order valence-corrected chi connectivity index (χ0v) is 12.9. The molecule has 3 aromatic heterocycles. The van der Waals surface area contributed by atoms with Gasteiger partial charge in [-0.05, 0) is 26.3 Å². The third-order valence-electron chi connectivity index (χ3n) is 3.49. The summed E-state index contributed by atoms with van der Waals surface area (Å²) in [5, 5.41) is 1.75. The summed E-state index contributed by atoms with van der Waals surface area (Å²) in [5.74, 6) is 0. The van der Waals surface area contributed by atoms with Crippen molar-refractivity contribution in [3.8, 4) is 0 Å². The highest BCUT2D eigenvalue weighted by Gasteiger charge is 2.06. The molecule has 0 aliphatic heterocycles. The highest BCUT2D eigenvalue weighted by molar-refractivity contribution is 7.11. The largest absolute Gasteiger partial charge is 0.299 e. The van der Waals surface area contributed by atoms with Gasteiger partial charge in [-0.1, -0.05) is 0 Å². The highest BCUT2D eigenvalue weighted by atomic mass is 32.1. The molecule has 6 heteroatoms. The van der Waals surface area contributed by atoms with E-state index in [0.29, 0.717) is 17.4 Å². The van der Waals surface area contributed by atoms with Crippen molar-refractivity contribution >= 4 is 22.2 Å². The van der Waals surface area contributed by atoms with Gasteiger partial charge in [0, 0.05) is 24.0 Å². The van der Waals surface area contributed by atoms with E-state index in [4.69, 9.17) is 0 Å². The maximum absolute atomic E-state index is 12.3. The lowest BCUT2D eigenvalue weighted by molar-refractivity contribution is 0.616. The summed E-state index contributed by atoms with van der Waals surface area (Å²) in [4.78, 5) is 26.3. The van der Waals surface area contributed by atoms with E-state index in [1.54, 1.807) is 40.7 Å². The van der Waals surface area contributed by atoms with Crippen molar-refractivity contribution in [3.05, 3.63) is 50.7 Å². The van der Waals surface area contributed by atoms with Gasteiger partial charge in [0.1, 0.15) is 0 Å². The molecule has 108 valence electrons. The normalized spacial score (nSPS) is 11.1. The molecule has 0 saturated carbocycles. The van der Waals surface area contributed by atoms with Crippen molar-refractivity contribution in [1.29, 1.82) is 0 Å². The molecule has 0 aliphatic carbocycles. The Bertz CT molecular complexity index is 818. The van der Waals surface area contributed by atoms with Gasteiger partial charge in [0.25, 0.3) is 5.56 Å². The average Bonchev–Trinajstić information content (AvgIpc) is 2.80. The third kappa shape index (κ3) is 2.85. The molecule has 0 saturated heterocycles. The number of aryl methyl sites for hydroxylation is 4. The first-order valence-electron chi connectivity index (χ1n) is 6.87. The van der Waals surface area contributed by atoms with Crippen molar-refractivity contribution in [2.45, 2.75) is 33.2 Å². The first kappa shape index (κ1) is 13.9. The van der Waals surface area contributed by atoms with Crippen LogP contribution in [0.15, 0.2) is 29.6 Å². The Morgan fingerprint density at radius 1 is 1.33 bits per heavy atom. The number of pyridine rings is 1. The molecule has 0 amide bonds. The molecule has 0 atom stereocenters. The summed E-state index contributed by atoms with van der Waals surface area (Å²) in [5.41, 5.74) is 1.74. The van der Waals surface area contributed by atoms with E-state index in [-0.39, 0.29) is 5.56 Å². The molecule has 0 fully saturated rings. The Labute approximate surface area is 126 Å². The smallest absolute Gasteiger partial charge is 0.261 e. The molecule has 0 radical (unpaired) electrons. The lowest BCUT2D eigenvalue weighted by Gasteiger charge is -2.05. The van der Waals surface area contributed by atoms with E-state index in [2.05, 4.69) is 21.9 Å². The van der Waals surface area contributed by atoms with Crippen LogP contribution in [0.25, 0.3) is 10.9 Å². The standard InChI is InChI=1S/C15H16N4OS/c1-10-11(2)21-14(18-10)4-3-7-19-9-17-13-8-16-6-5-12(13)15(19)20/h5-6,8-9H,3-4,7H2,1-2H3. The van der Waals surface area contributed by atoms with Crippen molar-refractivity contribution in [2.75, 3.05) is 0 Å². The molecule has 0 N–H and O–H groups in total. The second kappa shape index (κ2) is 5.73. The molecule has 21 heavy (non-hydrogen) atoms. The summed E-state index contributed by atoms with van der Waals surface area (Å²) in [6, 6.07) is 1.72. The van der Waals surface area contributed by atoms with Gasteiger partial charge >= 0.3 is 0 Å². The maximum atomic E-state index is 12.3. The Kier molecular flexibility index (Phi) is 3.79. The predicted molar refractivity (Wildman–Crippen MR) is 83.7 cm³/mol. The fraction of sp³-hybridized carbons (Fsp3) is 0.333. The Morgan fingerprint density at radius 3 is 2.95 bits per heavy atom. The molecule has 3 aromatic rings. The lowest BCUT2D eigenvalue weighted by atomic mass is 10.3. The number of hydrogen-bond donors (Lipinski definition) is 0. The van der Waals surface area contributed by atoms with Gasteiger partial charge in [0.15, 0.2) is 0 Å². The van der Waals surface area contributed by atoms with Crippen LogP contribution >= 0.6 is 11.3 Å². The summed E-state index contributed by atoms with van der Waals surface area (Å²) in [6.45, 7) is 4.77. The Balaban J connectivity index is 1.73. The van der Waals surface area contributed by atoms with Gasteiger partial charge in [-0.25, -0.2) is 9.97 Å². The predicted octanol–water partition coefficient (Wildman–Crippen LogP) is 2.50. The van der Waals surface area contributed by atoms with Crippen molar-refractivity contribution in [2.24, 2.45) is 0 Å². The monoisotopic (exact) mass is 300 g/mol. The minimum absolute atomic E-state index is 0.00565. The van der Waals surface area contributed by atoms with E-state index < -0.39 is 0 Å². The van der Waals surface area contributed by atoms with Gasteiger partial charge in [0.05, 0.1) is 34.1 Å². The molecule has 0 aromatic carbocycles. The van der Waals surface area contributed by atoms with Crippen LogP contribution in [-0.4, -0.2) is 19.5 Å². The minimum atomic E-state index is -0.00565. The van der Waals surface area contributed by atoms with Gasteiger partial charge in [-0.2, -0.15) is 0 Å². The summed E-state index contributed by atoms with van der Waals surface area (Å²) in [7, 11) is 0. The van der Waals surface area contributed by atoms with Crippen LogP contribution in [0, 0.1) is 13.8 Å². The first-order valence-corrected chi connectivity index (χ1v) is 7.69. The van der Waals surface area contributed by atoms with Crippen molar-refractivity contribution in [3.63, 3.8) is 0 Å². The lowest BCUT2D eigenvalue weighted by Crippen LogP contribution is -2.21. The zero-order valence-electron chi connectivity index (χ0n) is 12.0. The van der Waals surface area contributed by atoms with Gasteiger partial charge in [-0.3, -0.25) is 14.3 Å². The highest BCUT2D eigenvalue weighted by Crippen LogP contribution is 2.17. The van der Waals surface area contributed by atoms with Crippen LogP contribution in [0.2, 0.25) is 0 Å². The van der Waals surface area contributed by atoms with Crippen LogP contribution in [0.5, 0.6) is 0 Å². The Hall–Kier alpha value is -2.08. The molecular weight excluding hydrogens is 284 g/mol. The fourth-order valence-corrected chi connectivity index (χ4v) is 3.19. The zero-order chi connectivity index (χ0) is 14.8. The second-order valence-electron chi connectivity index (χ2n) is 4.99. The van der Waals surface area contributed by atoms with Gasteiger partial charge < -0.3 is 0 Å². The maximum Gasteiger partial charge on any atom is 0.261 e. The molecule has 0 unspecified atom stereocenters. The van der Waals surface area contributed by atoms with E-state index >= 15 is 0 Å². The summed E-state index contributed by atoms with van der Waals surface area (Å²) < 4.78 is 1.66. The summed E-state index contributed by atoms with van der Waals surface area (Å²) >= 11 is 1.73.